The first-order valence-electron chi connectivity index (χ1n) is 15.2. The maximum Gasteiger partial charge on any atom is 0.197 e. The molecule has 9 nitrogen and oxygen atoms in total. The summed E-state index contributed by atoms with van der Waals surface area (Å²) in [6.45, 7) is 1.93. The maximum absolute atomic E-state index is 15.9. The Bertz CT molecular complexity index is 2060. The van der Waals surface area contributed by atoms with Crippen molar-refractivity contribution in [2.45, 2.75) is 43.1 Å². The Balaban J connectivity index is 1.24. The monoisotopic (exact) mass is 736 g/mol. The molecular formula is C35H31BrF2N4O5S. The van der Waals surface area contributed by atoms with Crippen LogP contribution in [0.2, 0.25) is 0 Å². The molecule has 0 fully saturated rings. The van der Waals surface area contributed by atoms with Gasteiger partial charge in [-0.05, 0) is 82.5 Å². The van der Waals surface area contributed by atoms with Gasteiger partial charge in [-0.15, -0.1) is 0 Å². The highest BCUT2D eigenvalue weighted by Gasteiger charge is 2.46. The molecule has 248 valence electrons. The summed E-state index contributed by atoms with van der Waals surface area (Å²) in [5.41, 5.74) is 0.727. The summed E-state index contributed by atoms with van der Waals surface area (Å²) in [6.07, 6.45) is 6.11. The second-order valence-corrected chi connectivity index (χ2v) is 14.0. The number of sulfone groups is 1. The molecule has 48 heavy (non-hydrogen) atoms. The van der Waals surface area contributed by atoms with Crippen molar-refractivity contribution in [2.24, 2.45) is 0 Å². The molecule has 0 spiro atoms. The van der Waals surface area contributed by atoms with Gasteiger partial charge in [-0.3, -0.25) is 0 Å². The van der Waals surface area contributed by atoms with Crippen LogP contribution in [0.1, 0.15) is 30.9 Å². The van der Waals surface area contributed by atoms with E-state index in [1.807, 2.05) is 13.0 Å². The summed E-state index contributed by atoms with van der Waals surface area (Å²) in [5.74, 6) is -0.176. The van der Waals surface area contributed by atoms with Crippen LogP contribution in [0.5, 0.6) is 5.75 Å². The quantitative estimate of drug-likeness (QED) is 0.129. The van der Waals surface area contributed by atoms with Crippen molar-refractivity contribution in [3.63, 3.8) is 0 Å². The Labute approximate surface area is 285 Å². The van der Waals surface area contributed by atoms with Crippen molar-refractivity contribution >= 4 is 48.2 Å². The van der Waals surface area contributed by atoms with E-state index in [0.29, 0.717) is 51.0 Å². The Morgan fingerprint density at radius 1 is 1.04 bits per heavy atom. The van der Waals surface area contributed by atoms with Gasteiger partial charge in [-0.1, -0.05) is 25.1 Å². The molecule has 0 saturated carbocycles. The number of aromatic nitrogens is 3. The highest BCUT2D eigenvalue weighted by atomic mass is 79.9. The summed E-state index contributed by atoms with van der Waals surface area (Å²) in [6, 6.07) is 19.3. The molecule has 6 rings (SSSR count). The van der Waals surface area contributed by atoms with Crippen LogP contribution in [0.15, 0.2) is 107 Å². The molecule has 0 radical (unpaired) electrons. The predicted octanol–water partition coefficient (Wildman–Crippen LogP) is 7.79. The van der Waals surface area contributed by atoms with Crippen LogP contribution >= 0.6 is 15.9 Å². The van der Waals surface area contributed by atoms with Crippen LogP contribution in [-0.2, 0) is 31.5 Å². The molecule has 3 aromatic carbocycles. The summed E-state index contributed by atoms with van der Waals surface area (Å²) < 4.78 is 73.9. The van der Waals surface area contributed by atoms with E-state index in [1.165, 1.54) is 43.1 Å². The van der Waals surface area contributed by atoms with Gasteiger partial charge < -0.3 is 19.5 Å². The Hall–Kier alpha value is -4.46. The van der Waals surface area contributed by atoms with Crippen LogP contribution in [0, 0.1) is 11.6 Å². The number of rotatable bonds is 13. The Morgan fingerprint density at radius 3 is 2.65 bits per heavy atom. The first-order chi connectivity index (χ1) is 23.2. The fourth-order valence-corrected chi connectivity index (χ4v) is 7.16. The molecule has 2 atom stereocenters. The Kier molecular flexibility index (Phi) is 9.99. The van der Waals surface area contributed by atoms with E-state index in [9.17, 15) is 12.8 Å². The molecule has 0 amide bonds. The smallest absolute Gasteiger partial charge is 0.197 e. The summed E-state index contributed by atoms with van der Waals surface area (Å²) in [7, 11) is -3.68. The molecule has 1 aliphatic heterocycles. The zero-order valence-corrected chi connectivity index (χ0v) is 28.2. The molecular weight excluding hydrogens is 706 g/mol. The van der Waals surface area contributed by atoms with Crippen LogP contribution < -0.4 is 10.1 Å². The molecule has 5 aromatic rings. The number of fused-ring (bicyclic) bond motifs is 1. The van der Waals surface area contributed by atoms with Crippen molar-refractivity contribution in [3.05, 3.63) is 125 Å². The van der Waals surface area contributed by atoms with Gasteiger partial charge in [0.2, 0.25) is 0 Å². The van der Waals surface area contributed by atoms with E-state index < -0.39 is 27.4 Å². The number of benzene rings is 3. The van der Waals surface area contributed by atoms with Gasteiger partial charge in [0.1, 0.15) is 42.2 Å². The van der Waals surface area contributed by atoms with Gasteiger partial charge in [0, 0.05) is 35.3 Å². The van der Waals surface area contributed by atoms with E-state index in [-0.39, 0.29) is 35.4 Å². The van der Waals surface area contributed by atoms with Crippen molar-refractivity contribution in [1.29, 1.82) is 0 Å². The SMILES string of the molecule is CCC(OCCS(=O)(=O)c1ccccn1)C1(c2cc3c(Nc4ccc(OCc5cccc(F)c5)c(Br)c4)ncnc3cc2F)CC=CO1. The number of pyridine rings is 1. The number of halogens is 3. The number of hydrogen-bond acceptors (Lipinski definition) is 9. The number of ether oxygens (including phenoxy) is 3. The van der Waals surface area contributed by atoms with Gasteiger partial charge in [0.05, 0.1) is 28.6 Å². The minimum atomic E-state index is -3.68. The van der Waals surface area contributed by atoms with Gasteiger partial charge in [0.15, 0.2) is 20.5 Å². The van der Waals surface area contributed by atoms with Crippen molar-refractivity contribution in [1.82, 2.24) is 15.0 Å². The maximum atomic E-state index is 15.9. The standard InChI is InChI=1S/C35H31BrF2N4O5S/c1-2-32(45-15-16-48(43,44)33-9-3-4-13-39-33)35(12-6-14-47-35)27-19-26-30(20-29(27)38)40-22-41-34(26)42-25-10-11-31(28(36)18-25)46-21-23-7-5-8-24(37)17-23/h3-11,13-14,17-20,22,32H,2,12,15-16,21H2,1H3,(H,40,41,42). The predicted molar refractivity (Wildman–Crippen MR) is 180 cm³/mol. The molecule has 2 unspecified atom stereocenters. The average Bonchev–Trinajstić information content (AvgIpc) is 3.57. The lowest BCUT2D eigenvalue weighted by molar-refractivity contribution is -0.108. The van der Waals surface area contributed by atoms with Crippen molar-refractivity contribution in [2.75, 3.05) is 17.7 Å². The Morgan fingerprint density at radius 2 is 1.92 bits per heavy atom. The summed E-state index contributed by atoms with van der Waals surface area (Å²) >= 11 is 3.54. The topological polar surface area (TPSA) is 113 Å². The first kappa shape index (κ1) is 33.4. The van der Waals surface area contributed by atoms with Crippen LogP contribution in [0.3, 0.4) is 0 Å². The van der Waals surface area contributed by atoms with E-state index in [4.69, 9.17) is 14.2 Å². The van der Waals surface area contributed by atoms with Gasteiger partial charge in [-0.2, -0.15) is 0 Å². The zero-order valence-electron chi connectivity index (χ0n) is 25.8. The second-order valence-electron chi connectivity index (χ2n) is 11.1. The minimum Gasteiger partial charge on any atom is -0.488 e. The highest BCUT2D eigenvalue weighted by molar-refractivity contribution is 9.10. The molecule has 13 heteroatoms. The van der Waals surface area contributed by atoms with Crippen molar-refractivity contribution < 1.29 is 31.4 Å². The van der Waals surface area contributed by atoms with Crippen LogP contribution in [-0.4, -0.2) is 41.8 Å². The summed E-state index contributed by atoms with van der Waals surface area (Å²) in [5, 5.41) is 3.79. The van der Waals surface area contributed by atoms with E-state index in [0.717, 1.165) is 0 Å². The third-order valence-electron chi connectivity index (χ3n) is 7.97. The third kappa shape index (κ3) is 7.18. The lowest BCUT2D eigenvalue weighted by atomic mass is 9.83. The zero-order chi connectivity index (χ0) is 33.7. The van der Waals surface area contributed by atoms with Gasteiger partial charge >= 0.3 is 0 Å². The second kappa shape index (κ2) is 14.3. The number of nitrogens with one attached hydrogen (secondary N) is 1. The van der Waals surface area contributed by atoms with Gasteiger partial charge in [-0.25, -0.2) is 32.2 Å². The third-order valence-corrected chi connectivity index (χ3v) is 10.2. The minimum absolute atomic E-state index is 0.0335. The molecule has 2 aromatic heterocycles. The highest BCUT2D eigenvalue weighted by Crippen LogP contribution is 2.43. The molecule has 0 bridgehead atoms. The molecule has 0 aliphatic carbocycles. The average molecular weight is 738 g/mol. The van der Waals surface area contributed by atoms with Gasteiger partial charge in [0.25, 0.3) is 0 Å². The fourth-order valence-electron chi connectivity index (χ4n) is 5.63. The lowest BCUT2D eigenvalue weighted by Gasteiger charge is -2.37. The number of anilines is 2. The largest absolute Gasteiger partial charge is 0.488 e. The molecule has 3 heterocycles. The number of nitrogens with zero attached hydrogens (tertiary/aromatic N) is 3. The molecule has 0 saturated heterocycles. The molecule has 1 aliphatic rings. The lowest BCUT2D eigenvalue weighted by Crippen LogP contribution is -2.42. The normalized spacial score (nSPS) is 16.5. The van der Waals surface area contributed by atoms with E-state index >= 15 is 4.39 Å². The number of hydrogen-bond donors (Lipinski definition) is 1. The summed E-state index contributed by atoms with van der Waals surface area (Å²) in [4.78, 5) is 12.7. The fraction of sp³-hybridized carbons (Fsp3) is 0.229. The first-order valence-corrected chi connectivity index (χ1v) is 17.6. The molecule has 1 N–H and O–H groups in total. The van der Waals surface area contributed by atoms with Crippen molar-refractivity contribution in [3.8, 4) is 5.75 Å². The van der Waals surface area contributed by atoms with Crippen LogP contribution in [0.4, 0.5) is 20.3 Å². The van der Waals surface area contributed by atoms with E-state index in [1.54, 1.807) is 48.5 Å². The van der Waals surface area contributed by atoms with Crippen LogP contribution in [0.25, 0.3) is 10.9 Å². The van der Waals surface area contributed by atoms with E-state index in [2.05, 4.69) is 36.2 Å².